The van der Waals surface area contributed by atoms with Gasteiger partial charge in [0, 0.05) is 18.0 Å². The van der Waals surface area contributed by atoms with Crippen molar-refractivity contribution in [2.75, 3.05) is 6.61 Å². The van der Waals surface area contributed by atoms with Crippen molar-refractivity contribution in [2.45, 2.75) is 40.2 Å². The molecule has 5 heteroatoms. The van der Waals surface area contributed by atoms with Gasteiger partial charge in [-0.25, -0.2) is 0 Å². The number of aliphatic hydroxyl groups excluding tert-OH is 1. The molecule has 0 aliphatic carbocycles. The van der Waals surface area contributed by atoms with Crippen molar-refractivity contribution in [3.8, 4) is 0 Å². The number of aromatic nitrogens is 2. The number of rotatable bonds is 4. The third kappa shape index (κ3) is 3.42. The smallest absolute Gasteiger partial charge is 0.272 e. The van der Waals surface area contributed by atoms with Gasteiger partial charge < -0.3 is 10.4 Å². The molecule has 0 aliphatic rings. The van der Waals surface area contributed by atoms with Gasteiger partial charge in [-0.2, -0.15) is 5.10 Å². The van der Waals surface area contributed by atoms with Gasteiger partial charge in [0.2, 0.25) is 0 Å². The number of nitrogens with one attached hydrogen (secondary N) is 2. The van der Waals surface area contributed by atoms with Crippen molar-refractivity contribution in [1.29, 1.82) is 0 Å². The molecule has 114 valence electrons. The molecule has 2 aromatic rings. The topological polar surface area (TPSA) is 78.0 Å². The van der Waals surface area contributed by atoms with Crippen LogP contribution in [0.3, 0.4) is 0 Å². The average molecular weight is 289 g/mol. The number of nitrogens with zero attached hydrogens (tertiary/aromatic N) is 1. The highest BCUT2D eigenvalue weighted by Gasteiger charge is 2.27. The van der Waals surface area contributed by atoms with Crippen molar-refractivity contribution in [3.05, 3.63) is 29.5 Å². The Morgan fingerprint density at radius 1 is 1.43 bits per heavy atom. The molecule has 0 saturated carbocycles. The number of carbonyl (C=O) groups excluding carboxylic acids is 1. The molecule has 0 spiro atoms. The van der Waals surface area contributed by atoms with Crippen LogP contribution in [0.2, 0.25) is 0 Å². The monoisotopic (exact) mass is 289 g/mol. The Balaban J connectivity index is 2.27. The number of amides is 1. The molecule has 1 unspecified atom stereocenters. The highest BCUT2D eigenvalue weighted by molar-refractivity contribution is 6.04. The van der Waals surface area contributed by atoms with E-state index >= 15 is 0 Å². The van der Waals surface area contributed by atoms with E-state index in [1.165, 1.54) is 0 Å². The van der Waals surface area contributed by atoms with Gasteiger partial charge in [-0.05, 0) is 30.9 Å². The fourth-order valence-corrected chi connectivity index (χ4v) is 2.38. The van der Waals surface area contributed by atoms with Crippen molar-refractivity contribution in [2.24, 2.45) is 5.41 Å². The maximum atomic E-state index is 12.5. The van der Waals surface area contributed by atoms with E-state index in [0.29, 0.717) is 12.1 Å². The quantitative estimate of drug-likeness (QED) is 0.808. The first-order valence-corrected chi connectivity index (χ1v) is 7.19. The Bertz CT molecular complexity index is 640. The van der Waals surface area contributed by atoms with Gasteiger partial charge in [0.15, 0.2) is 5.69 Å². The van der Waals surface area contributed by atoms with Crippen LogP contribution in [-0.2, 0) is 0 Å². The third-order valence-corrected chi connectivity index (χ3v) is 3.70. The average Bonchev–Trinajstić information content (AvgIpc) is 2.80. The van der Waals surface area contributed by atoms with Crippen molar-refractivity contribution < 1.29 is 9.90 Å². The molecule has 21 heavy (non-hydrogen) atoms. The molecule has 0 aliphatic heterocycles. The number of fused-ring (bicyclic) bond motifs is 1. The van der Waals surface area contributed by atoms with Crippen LogP contribution in [0.1, 0.15) is 43.2 Å². The number of hydrogen-bond donors (Lipinski definition) is 3. The van der Waals surface area contributed by atoms with Crippen LogP contribution >= 0.6 is 0 Å². The molecule has 1 amide bonds. The Kier molecular flexibility index (Phi) is 4.32. The van der Waals surface area contributed by atoms with Crippen molar-refractivity contribution in [3.63, 3.8) is 0 Å². The number of benzene rings is 1. The summed E-state index contributed by atoms with van der Waals surface area (Å²) in [6, 6.07) is 5.74. The molecule has 1 heterocycles. The maximum absolute atomic E-state index is 12.5. The first-order chi connectivity index (χ1) is 9.82. The third-order valence-electron chi connectivity index (χ3n) is 3.70. The molecule has 2 rings (SSSR count). The zero-order chi connectivity index (χ0) is 15.6. The standard InChI is InChI=1S/C16H23N3O2/c1-10-5-6-12-11(9-10)14(19-18-12)15(21)17-13(7-8-20)16(2,3)4/h5-6,9,13,20H,7-8H2,1-4H3,(H,17,21)(H,18,19). The first-order valence-electron chi connectivity index (χ1n) is 7.19. The van der Waals surface area contributed by atoms with Crippen molar-refractivity contribution in [1.82, 2.24) is 15.5 Å². The Hall–Kier alpha value is -1.88. The van der Waals surface area contributed by atoms with Gasteiger partial charge >= 0.3 is 0 Å². The highest BCUT2D eigenvalue weighted by Crippen LogP contribution is 2.23. The normalized spacial score (nSPS) is 13.4. The second-order valence-corrected chi connectivity index (χ2v) is 6.53. The van der Waals surface area contributed by atoms with Crippen LogP contribution in [-0.4, -0.2) is 33.9 Å². The Morgan fingerprint density at radius 2 is 2.14 bits per heavy atom. The van der Waals surface area contributed by atoms with E-state index in [2.05, 4.69) is 15.5 Å². The molecule has 1 aromatic carbocycles. The van der Waals surface area contributed by atoms with Gasteiger partial charge in [-0.3, -0.25) is 9.89 Å². The van der Waals surface area contributed by atoms with Gasteiger partial charge in [0.05, 0.1) is 5.52 Å². The lowest BCUT2D eigenvalue weighted by molar-refractivity contribution is 0.0881. The molecular formula is C16H23N3O2. The summed E-state index contributed by atoms with van der Waals surface area (Å²) in [7, 11) is 0. The largest absolute Gasteiger partial charge is 0.396 e. The second-order valence-electron chi connectivity index (χ2n) is 6.53. The van der Waals surface area contributed by atoms with E-state index in [1.807, 2.05) is 45.9 Å². The van der Waals surface area contributed by atoms with Gasteiger partial charge in [0.1, 0.15) is 0 Å². The van der Waals surface area contributed by atoms with Crippen LogP contribution in [0.5, 0.6) is 0 Å². The molecule has 5 nitrogen and oxygen atoms in total. The van der Waals surface area contributed by atoms with Crippen LogP contribution in [0.25, 0.3) is 10.9 Å². The summed E-state index contributed by atoms with van der Waals surface area (Å²) in [6.07, 6.45) is 0.524. The summed E-state index contributed by atoms with van der Waals surface area (Å²) < 4.78 is 0. The van der Waals surface area contributed by atoms with Crippen LogP contribution in [0.4, 0.5) is 0 Å². The van der Waals surface area contributed by atoms with Crippen LogP contribution in [0.15, 0.2) is 18.2 Å². The molecule has 3 N–H and O–H groups in total. The maximum Gasteiger partial charge on any atom is 0.272 e. The SMILES string of the molecule is Cc1ccc2[nH]nc(C(=O)NC(CCO)C(C)(C)C)c2c1. The number of H-pyrrole nitrogens is 1. The minimum atomic E-state index is -0.208. The molecule has 1 aromatic heterocycles. The summed E-state index contributed by atoms with van der Waals surface area (Å²) in [5.41, 5.74) is 2.21. The van der Waals surface area contributed by atoms with E-state index in [1.54, 1.807) is 0 Å². The minimum absolute atomic E-state index is 0.0443. The number of aliphatic hydroxyl groups is 1. The summed E-state index contributed by atoms with van der Waals surface area (Å²) >= 11 is 0. The highest BCUT2D eigenvalue weighted by atomic mass is 16.3. The zero-order valence-electron chi connectivity index (χ0n) is 13.0. The lowest BCUT2D eigenvalue weighted by Crippen LogP contribution is -2.44. The predicted molar refractivity (Wildman–Crippen MR) is 83.2 cm³/mol. The van der Waals surface area contributed by atoms with Crippen molar-refractivity contribution >= 4 is 16.8 Å². The summed E-state index contributed by atoms with van der Waals surface area (Å²) in [4.78, 5) is 12.5. The number of aryl methyl sites for hydroxylation is 1. The Labute approximate surface area is 124 Å². The first kappa shape index (κ1) is 15.5. The minimum Gasteiger partial charge on any atom is -0.396 e. The molecule has 0 saturated heterocycles. The second kappa shape index (κ2) is 5.85. The lowest BCUT2D eigenvalue weighted by Gasteiger charge is -2.30. The van der Waals surface area contributed by atoms with E-state index < -0.39 is 0 Å². The lowest BCUT2D eigenvalue weighted by atomic mass is 9.85. The fourth-order valence-electron chi connectivity index (χ4n) is 2.38. The van der Waals surface area contributed by atoms with Gasteiger partial charge in [-0.15, -0.1) is 0 Å². The van der Waals surface area contributed by atoms with E-state index in [9.17, 15) is 9.90 Å². The molecule has 1 atom stereocenters. The predicted octanol–water partition coefficient (Wildman–Crippen LogP) is 2.40. The zero-order valence-corrected chi connectivity index (χ0v) is 13.0. The van der Waals surface area contributed by atoms with E-state index in [-0.39, 0.29) is 24.0 Å². The number of aromatic amines is 1. The molecule has 0 radical (unpaired) electrons. The summed E-state index contributed by atoms with van der Waals surface area (Å²) in [5.74, 6) is -0.208. The van der Waals surface area contributed by atoms with E-state index in [0.717, 1.165) is 16.5 Å². The van der Waals surface area contributed by atoms with Gasteiger partial charge in [0.25, 0.3) is 5.91 Å². The van der Waals surface area contributed by atoms with Crippen LogP contribution in [0, 0.1) is 12.3 Å². The van der Waals surface area contributed by atoms with E-state index in [4.69, 9.17) is 0 Å². The molecular weight excluding hydrogens is 266 g/mol. The molecule has 0 fully saturated rings. The fraction of sp³-hybridized carbons (Fsp3) is 0.500. The Morgan fingerprint density at radius 3 is 2.76 bits per heavy atom. The molecule has 0 bridgehead atoms. The summed E-state index contributed by atoms with van der Waals surface area (Å²) in [6.45, 7) is 8.15. The number of carbonyl (C=O) groups is 1. The summed E-state index contributed by atoms with van der Waals surface area (Å²) in [5, 5.41) is 20.0. The van der Waals surface area contributed by atoms with Gasteiger partial charge in [-0.1, -0.05) is 32.4 Å². The van der Waals surface area contributed by atoms with Crippen LogP contribution < -0.4 is 5.32 Å². The number of hydrogen-bond acceptors (Lipinski definition) is 3.